The summed E-state index contributed by atoms with van der Waals surface area (Å²) in [5.41, 5.74) is 2.49. The fourth-order valence-electron chi connectivity index (χ4n) is 1.74. The van der Waals surface area contributed by atoms with E-state index in [9.17, 15) is 4.39 Å². The van der Waals surface area contributed by atoms with Crippen molar-refractivity contribution in [3.8, 4) is 0 Å². The molecule has 0 aliphatic carbocycles. The van der Waals surface area contributed by atoms with Gasteiger partial charge in [-0.1, -0.05) is 0 Å². The third kappa shape index (κ3) is 2.84. The van der Waals surface area contributed by atoms with Crippen molar-refractivity contribution >= 4 is 33.3 Å². The van der Waals surface area contributed by atoms with Gasteiger partial charge in [-0.2, -0.15) is 0 Å². The molecule has 2 N–H and O–H groups in total. The SMILES string of the molecule is CNc1ncnc(Nc2cc(F)c(Br)cc2C)c1C. The van der Waals surface area contributed by atoms with Gasteiger partial charge >= 0.3 is 0 Å². The fourth-order valence-corrected chi connectivity index (χ4v) is 2.19. The molecular formula is C13H14BrFN4. The number of aromatic nitrogens is 2. The summed E-state index contributed by atoms with van der Waals surface area (Å²) >= 11 is 3.16. The number of benzene rings is 1. The van der Waals surface area contributed by atoms with Gasteiger partial charge in [0.15, 0.2) is 0 Å². The van der Waals surface area contributed by atoms with E-state index in [4.69, 9.17) is 0 Å². The fraction of sp³-hybridized carbons (Fsp3) is 0.231. The first-order valence-corrected chi connectivity index (χ1v) is 6.54. The van der Waals surface area contributed by atoms with Crippen molar-refractivity contribution in [2.24, 2.45) is 0 Å². The molecule has 2 rings (SSSR count). The molecule has 0 unspecified atom stereocenters. The van der Waals surface area contributed by atoms with Gasteiger partial charge in [0.2, 0.25) is 0 Å². The molecule has 1 aromatic carbocycles. The maximum absolute atomic E-state index is 13.6. The minimum absolute atomic E-state index is 0.311. The van der Waals surface area contributed by atoms with Crippen LogP contribution in [-0.4, -0.2) is 17.0 Å². The van der Waals surface area contributed by atoms with Crippen LogP contribution in [0, 0.1) is 19.7 Å². The van der Waals surface area contributed by atoms with Gasteiger partial charge in [-0.05, 0) is 47.5 Å². The summed E-state index contributed by atoms with van der Waals surface area (Å²) in [6, 6.07) is 3.17. The number of nitrogens with one attached hydrogen (secondary N) is 2. The van der Waals surface area contributed by atoms with Gasteiger partial charge in [0.05, 0.1) is 4.47 Å². The lowest BCUT2D eigenvalue weighted by Gasteiger charge is -2.13. The molecule has 0 spiro atoms. The normalized spacial score (nSPS) is 10.4. The lowest BCUT2D eigenvalue weighted by atomic mass is 10.2. The van der Waals surface area contributed by atoms with Crippen LogP contribution in [0.25, 0.3) is 0 Å². The summed E-state index contributed by atoms with van der Waals surface area (Å²) in [6.07, 6.45) is 1.46. The minimum atomic E-state index is -0.311. The average Bonchev–Trinajstić information content (AvgIpc) is 2.38. The van der Waals surface area contributed by atoms with Crippen LogP contribution in [0.15, 0.2) is 22.9 Å². The van der Waals surface area contributed by atoms with E-state index in [1.54, 1.807) is 13.1 Å². The van der Waals surface area contributed by atoms with E-state index in [0.717, 1.165) is 16.9 Å². The zero-order chi connectivity index (χ0) is 14.0. The highest BCUT2D eigenvalue weighted by Crippen LogP contribution is 2.28. The van der Waals surface area contributed by atoms with Crippen molar-refractivity contribution < 1.29 is 4.39 Å². The zero-order valence-electron chi connectivity index (χ0n) is 10.9. The standard InChI is InChI=1S/C13H14BrFN4/c1-7-4-9(14)10(15)5-11(7)19-13-8(2)12(16-3)17-6-18-13/h4-6H,1-3H3,(H2,16,17,18,19). The van der Waals surface area contributed by atoms with Crippen LogP contribution in [0.4, 0.5) is 21.7 Å². The molecule has 0 amide bonds. The zero-order valence-corrected chi connectivity index (χ0v) is 12.5. The van der Waals surface area contributed by atoms with Gasteiger partial charge in [-0.15, -0.1) is 0 Å². The van der Waals surface area contributed by atoms with Crippen LogP contribution >= 0.6 is 15.9 Å². The monoisotopic (exact) mass is 324 g/mol. The summed E-state index contributed by atoms with van der Waals surface area (Å²) < 4.78 is 14.0. The first kappa shape index (κ1) is 13.7. The second-order valence-corrected chi connectivity index (χ2v) is 5.01. The first-order valence-electron chi connectivity index (χ1n) is 5.75. The van der Waals surface area contributed by atoms with E-state index in [1.807, 2.05) is 13.8 Å². The summed E-state index contributed by atoms with van der Waals surface area (Å²) in [7, 11) is 1.80. The maximum Gasteiger partial charge on any atom is 0.139 e. The lowest BCUT2D eigenvalue weighted by Crippen LogP contribution is -2.03. The topological polar surface area (TPSA) is 49.8 Å². The Labute approximate surface area is 119 Å². The molecule has 2 aromatic rings. The summed E-state index contributed by atoms with van der Waals surface area (Å²) in [6.45, 7) is 3.81. The molecule has 100 valence electrons. The molecule has 0 bridgehead atoms. The predicted octanol–water partition coefficient (Wildman–Crippen LogP) is 3.78. The Hall–Kier alpha value is -1.69. The van der Waals surface area contributed by atoms with E-state index in [-0.39, 0.29) is 5.82 Å². The van der Waals surface area contributed by atoms with E-state index < -0.39 is 0 Å². The van der Waals surface area contributed by atoms with E-state index in [1.165, 1.54) is 12.4 Å². The van der Waals surface area contributed by atoms with Crippen molar-refractivity contribution in [2.45, 2.75) is 13.8 Å². The maximum atomic E-state index is 13.6. The van der Waals surface area contributed by atoms with Crippen molar-refractivity contribution in [3.63, 3.8) is 0 Å². The average molecular weight is 325 g/mol. The van der Waals surface area contributed by atoms with E-state index in [2.05, 4.69) is 36.5 Å². The van der Waals surface area contributed by atoms with Crippen molar-refractivity contribution in [1.29, 1.82) is 0 Å². The number of rotatable bonds is 3. The number of aryl methyl sites for hydroxylation is 1. The summed E-state index contributed by atoms with van der Waals surface area (Å²) in [5, 5.41) is 6.12. The highest BCUT2D eigenvalue weighted by Gasteiger charge is 2.09. The molecule has 0 saturated carbocycles. The van der Waals surface area contributed by atoms with E-state index >= 15 is 0 Å². The highest BCUT2D eigenvalue weighted by atomic mass is 79.9. The Bertz CT molecular complexity index is 616. The second-order valence-electron chi connectivity index (χ2n) is 4.15. The molecule has 6 heteroatoms. The van der Waals surface area contributed by atoms with Gasteiger partial charge in [0.25, 0.3) is 0 Å². The van der Waals surface area contributed by atoms with Gasteiger partial charge in [-0.25, -0.2) is 14.4 Å². The molecule has 0 fully saturated rings. The molecule has 0 aliphatic rings. The number of anilines is 3. The minimum Gasteiger partial charge on any atom is -0.373 e. The molecule has 0 saturated heterocycles. The van der Waals surface area contributed by atoms with Crippen LogP contribution in [-0.2, 0) is 0 Å². The molecule has 1 aromatic heterocycles. The molecular weight excluding hydrogens is 311 g/mol. The molecule has 19 heavy (non-hydrogen) atoms. The Morgan fingerprint density at radius 1 is 1.16 bits per heavy atom. The molecule has 0 radical (unpaired) electrons. The van der Waals surface area contributed by atoms with Gasteiger partial charge < -0.3 is 10.6 Å². The Morgan fingerprint density at radius 3 is 2.53 bits per heavy atom. The summed E-state index contributed by atoms with van der Waals surface area (Å²) in [5.74, 6) is 1.09. The Balaban J connectivity index is 2.39. The number of hydrogen-bond donors (Lipinski definition) is 2. The molecule has 4 nitrogen and oxygen atoms in total. The Kier molecular flexibility index (Phi) is 3.99. The lowest BCUT2D eigenvalue weighted by molar-refractivity contribution is 0.621. The van der Waals surface area contributed by atoms with Crippen molar-refractivity contribution in [1.82, 2.24) is 9.97 Å². The third-order valence-corrected chi connectivity index (χ3v) is 3.45. The molecule has 0 atom stereocenters. The number of halogens is 2. The quantitative estimate of drug-likeness (QED) is 0.902. The molecule has 0 aliphatic heterocycles. The number of nitrogens with zero attached hydrogens (tertiary/aromatic N) is 2. The van der Waals surface area contributed by atoms with Crippen molar-refractivity contribution in [3.05, 3.63) is 39.9 Å². The van der Waals surface area contributed by atoms with Crippen LogP contribution in [0.3, 0.4) is 0 Å². The van der Waals surface area contributed by atoms with Crippen molar-refractivity contribution in [2.75, 3.05) is 17.7 Å². The number of hydrogen-bond acceptors (Lipinski definition) is 4. The second kappa shape index (κ2) is 5.52. The largest absolute Gasteiger partial charge is 0.373 e. The van der Waals surface area contributed by atoms with Crippen LogP contribution in [0.1, 0.15) is 11.1 Å². The van der Waals surface area contributed by atoms with Gasteiger partial charge in [0, 0.05) is 18.3 Å². The van der Waals surface area contributed by atoms with Crippen LogP contribution in [0.2, 0.25) is 0 Å². The summed E-state index contributed by atoms with van der Waals surface area (Å²) in [4.78, 5) is 8.29. The smallest absolute Gasteiger partial charge is 0.139 e. The highest BCUT2D eigenvalue weighted by molar-refractivity contribution is 9.10. The first-order chi connectivity index (χ1) is 9.02. The molecule has 1 heterocycles. The van der Waals surface area contributed by atoms with Crippen LogP contribution < -0.4 is 10.6 Å². The Morgan fingerprint density at radius 2 is 1.84 bits per heavy atom. The van der Waals surface area contributed by atoms with Crippen LogP contribution in [0.5, 0.6) is 0 Å². The third-order valence-electron chi connectivity index (χ3n) is 2.84. The van der Waals surface area contributed by atoms with Gasteiger partial charge in [-0.3, -0.25) is 0 Å². The van der Waals surface area contributed by atoms with Gasteiger partial charge in [0.1, 0.15) is 23.8 Å². The van der Waals surface area contributed by atoms with E-state index in [0.29, 0.717) is 16.0 Å². The predicted molar refractivity (Wildman–Crippen MR) is 78.4 cm³/mol.